The molecule has 0 aliphatic heterocycles. The van der Waals surface area contributed by atoms with Gasteiger partial charge in [0.25, 0.3) is 0 Å². The Morgan fingerprint density at radius 1 is 1.64 bits per heavy atom. The SMILES string of the molecule is Cn1cnn(CC2CCC(N)C2)c1=O. The van der Waals surface area contributed by atoms with Gasteiger partial charge in [0.05, 0.1) is 0 Å². The van der Waals surface area contributed by atoms with Crippen LogP contribution in [0.3, 0.4) is 0 Å². The van der Waals surface area contributed by atoms with Crippen LogP contribution in [-0.4, -0.2) is 20.4 Å². The average Bonchev–Trinajstić information content (AvgIpc) is 2.67. The standard InChI is InChI=1S/C9H16N4O/c1-12-6-11-13(9(12)14)5-7-2-3-8(10)4-7/h6-8H,2-5,10H2,1H3. The molecule has 0 saturated heterocycles. The third-order valence-corrected chi connectivity index (χ3v) is 2.90. The molecule has 2 rings (SSSR count). The van der Waals surface area contributed by atoms with Crippen LogP contribution in [0.2, 0.25) is 0 Å². The van der Waals surface area contributed by atoms with E-state index in [2.05, 4.69) is 5.10 Å². The van der Waals surface area contributed by atoms with Crippen LogP contribution >= 0.6 is 0 Å². The van der Waals surface area contributed by atoms with Gasteiger partial charge in [-0.1, -0.05) is 0 Å². The van der Waals surface area contributed by atoms with Crippen molar-refractivity contribution in [2.24, 2.45) is 18.7 Å². The molecule has 2 unspecified atom stereocenters. The molecule has 78 valence electrons. The van der Waals surface area contributed by atoms with Gasteiger partial charge in [0.1, 0.15) is 6.33 Å². The Hall–Kier alpha value is -1.10. The van der Waals surface area contributed by atoms with Crippen molar-refractivity contribution in [1.29, 1.82) is 0 Å². The van der Waals surface area contributed by atoms with E-state index in [1.807, 2.05) is 0 Å². The van der Waals surface area contributed by atoms with Crippen LogP contribution in [0.5, 0.6) is 0 Å². The van der Waals surface area contributed by atoms with Gasteiger partial charge in [-0.25, -0.2) is 9.48 Å². The van der Waals surface area contributed by atoms with E-state index in [0.29, 0.717) is 18.5 Å². The highest BCUT2D eigenvalue weighted by Gasteiger charge is 2.22. The topological polar surface area (TPSA) is 65.8 Å². The van der Waals surface area contributed by atoms with Crippen molar-refractivity contribution in [2.45, 2.75) is 31.8 Å². The second kappa shape index (κ2) is 3.57. The molecule has 5 heteroatoms. The summed E-state index contributed by atoms with van der Waals surface area (Å²) in [5.41, 5.74) is 5.77. The van der Waals surface area contributed by atoms with Crippen LogP contribution in [0.25, 0.3) is 0 Å². The summed E-state index contributed by atoms with van der Waals surface area (Å²) in [7, 11) is 1.71. The lowest BCUT2D eigenvalue weighted by molar-refractivity contribution is 0.413. The molecule has 14 heavy (non-hydrogen) atoms. The van der Waals surface area contributed by atoms with Crippen molar-refractivity contribution in [2.75, 3.05) is 0 Å². The molecule has 0 bridgehead atoms. The van der Waals surface area contributed by atoms with Crippen LogP contribution in [0, 0.1) is 5.92 Å². The van der Waals surface area contributed by atoms with Crippen LogP contribution in [-0.2, 0) is 13.6 Å². The third kappa shape index (κ3) is 1.72. The van der Waals surface area contributed by atoms with Crippen LogP contribution in [0.1, 0.15) is 19.3 Å². The average molecular weight is 196 g/mol. The van der Waals surface area contributed by atoms with Gasteiger partial charge in [0.15, 0.2) is 0 Å². The maximum absolute atomic E-state index is 11.5. The zero-order valence-electron chi connectivity index (χ0n) is 8.39. The van der Waals surface area contributed by atoms with Crippen molar-refractivity contribution in [3.63, 3.8) is 0 Å². The van der Waals surface area contributed by atoms with E-state index in [4.69, 9.17) is 5.73 Å². The fraction of sp³-hybridized carbons (Fsp3) is 0.778. The van der Waals surface area contributed by atoms with Gasteiger partial charge in [-0.15, -0.1) is 0 Å². The smallest absolute Gasteiger partial charge is 0.328 e. The summed E-state index contributed by atoms with van der Waals surface area (Å²) in [6.45, 7) is 0.716. The molecule has 0 spiro atoms. The van der Waals surface area contributed by atoms with Gasteiger partial charge in [-0.2, -0.15) is 5.10 Å². The van der Waals surface area contributed by atoms with E-state index in [1.165, 1.54) is 9.25 Å². The first kappa shape index (κ1) is 9.45. The molecular formula is C9H16N4O. The number of aromatic nitrogens is 3. The largest absolute Gasteiger partial charge is 0.345 e. The monoisotopic (exact) mass is 196 g/mol. The molecule has 1 aliphatic carbocycles. The van der Waals surface area contributed by atoms with Gasteiger partial charge < -0.3 is 5.73 Å². The molecule has 0 aromatic carbocycles. The number of hydrogen-bond donors (Lipinski definition) is 1. The van der Waals surface area contributed by atoms with E-state index in [-0.39, 0.29) is 5.69 Å². The number of nitrogens with zero attached hydrogens (tertiary/aromatic N) is 3. The van der Waals surface area contributed by atoms with Gasteiger partial charge >= 0.3 is 5.69 Å². The quantitative estimate of drug-likeness (QED) is 0.706. The first-order valence-electron chi connectivity index (χ1n) is 5.01. The second-order valence-electron chi connectivity index (χ2n) is 4.15. The molecule has 5 nitrogen and oxygen atoms in total. The first-order chi connectivity index (χ1) is 6.66. The Morgan fingerprint density at radius 3 is 2.93 bits per heavy atom. The normalized spacial score (nSPS) is 27.0. The van der Waals surface area contributed by atoms with Gasteiger partial charge in [-0.05, 0) is 25.2 Å². The van der Waals surface area contributed by atoms with Gasteiger partial charge in [0, 0.05) is 19.6 Å². The van der Waals surface area contributed by atoms with Crippen molar-refractivity contribution in [1.82, 2.24) is 14.3 Å². The summed E-state index contributed by atoms with van der Waals surface area (Å²) >= 11 is 0. The predicted molar refractivity (Wildman–Crippen MR) is 52.8 cm³/mol. The molecule has 2 atom stereocenters. The fourth-order valence-corrected chi connectivity index (χ4v) is 2.07. The molecule has 2 N–H and O–H groups in total. The van der Waals surface area contributed by atoms with Crippen LogP contribution < -0.4 is 11.4 Å². The van der Waals surface area contributed by atoms with Crippen molar-refractivity contribution in [3.8, 4) is 0 Å². The van der Waals surface area contributed by atoms with Crippen molar-refractivity contribution < 1.29 is 0 Å². The van der Waals surface area contributed by atoms with E-state index < -0.39 is 0 Å². The lowest BCUT2D eigenvalue weighted by Gasteiger charge is -2.07. The van der Waals surface area contributed by atoms with Crippen LogP contribution in [0.15, 0.2) is 11.1 Å². The zero-order chi connectivity index (χ0) is 10.1. The fourth-order valence-electron chi connectivity index (χ4n) is 2.07. The molecule has 1 fully saturated rings. The minimum absolute atomic E-state index is 0.0366. The number of rotatable bonds is 2. The van der Waals surface area contributed by atoms with E-state index in [9.17, 15) is 4.79 Å². The number of nitrogens with two attached hydrogens (primary N) is 1. The lowest BCUT2D eigenvalue weighted by Crippen LogP contribution is -2.26. The Kier molecular flexibility index (Phi) is 2.41. The maximum atomic E-state index is 11.5. The van der Waals surface area contributed by atoms with E-state index >= 15 is 0 Å². The lowest BCUT2D eigenvalue weighted by atomic mass is 10.1. The molecule has 1 saturated carbocycles. The summed E-state index contributed by atoms with van der Waals surface area (Å²) in [5, 5.41) is 4.03. The minimum atomic E-state index is -0.0366. The summed E-state index contributed by atoms with van der Waals surface area (Å²) in [4.78, 5) is 11.5. The number of hydrogen-bond acceptors (Lipinski definition) is 3. The molecule has 0 amide bonds. The molecule has 1 aromatic rings. The number of aryl methyl sites for hydroxylation is 1. The van der Waals surface area contributed by atoms with Crippen LogP contribution in [0.4, 0.5) is 0 Å². The highest BCUT2D eigenvalue weighted by molar-refractivity contribution is 4.78. The summed E-state index contributed by atoms with van der Waals surface area (Å²) < 4.78 is 3.03. The van der Waals surface area contributed by atoms with Gasteiger partial charge in [0.2, 0.25) is 0 Å². The Balaban J connectivity index is 2.04. The highest BCUT2D eigenvalue weighted by atomic mass is 16.2. The maximum Gasteiger partial charge on any atom is 0.345 e. The predicted octanol–water partition coefficient (Wildman–Crippen LogP) is -0.291. The molecule has 0 radical (unpaired) electrons. The minimum Gasteiger partial charge on any atom is -0.328 e. The Bertz CT molecular complexity index is 367. The molecule has 1 aliphatic rings. The van der Waals surface area contributed by atoms with Crippen molar-refractivity contribution in [3.05, 3.63) is 16.8 Å². The zero-order valence-corrected chi connectivity index (χ0v) is 8.39. The summed E-state index contributed by atoms with van der Waals surface area (Å²) in [6.07, 6.45) is 4.76. The van der Waals surface area contributed by atoms with Gasteiger partial charge in [-0.3, -0.25) is 4.57 Å². The summed E-state index contributed by atoms with van der Waals surface area (Å²) in [6, 6.07) is 0.319. The molecule has 1 aromatic heterocycles. The van der Waals surface area contributed by atoms with E-state index in [0.717, 1.165) is 19.3 Å². The summed E-state index contributed by atoms with van der Waals surface area (Å²) in [5.74, 6) is 0.526. The van der Waals surface area contributed by atoms with E-state index in [1.54, 1.807) is 13.4 Å². The molecule has 1 heterocycles. The Labute approximate surface area is 82.5 Å². The highest BCUT2D eigenvalue weighted by Crippen LogP contribution is 2.24. The second-order valence-corrected chi connectivity index (χ2v) is 4.15. The third-order valence-electron chi connectivity index (χ3n) is 2.90. The molecular weight excluding hydrogens is 180 g/mol. The Morgan fingerprint density at radius 2 is 2.43 bits per heavy atom. The first-order valence-corrected chi connectivity index (χ1v) is 5.01. The van der Waals surface area contributed by atoms with Crippen molar-refractivity contribution >= 4 is 0 Å².